The summed E-state index contributed by atoms with van der Waals surface area (Å²) in [6.45, 7) is 0. The van der Waals surface area contributed by atoms with Crippen molar-refractivity contribution in [2.75, 3.05) is 0 Å². The third-order valence-electron chi connectivity index (χ3n) is 8.61. The molecule has 0 spiro atoms. The minimum Gasteiger partial charge on any atom is -0.208 e. The lowest BCUT2D eigenvalue weighted by Gasteiger charge is -2.14. The zero-order valence-corrected chi connectivity index (χ0v) is 26.2. The highest BCUT2D eigenvalue weighted by Gasteiger charge is 2.18. The molecule has 0 N–H and O–H groups in total. The topological polar surface area (TPSA) is 38.7 Å². The van der Waals surface area contributed by atoms with E-state index in [0.717, 1.165) is 44.5 Å². The highest BCUT2D eigenvalue weighted by Crippen LogP contribution is 2.36. The summed E-state index contributed by atoms with van der Waals surface area (Å²) in [7, 11) is 0. The first-order chi connectivity index (χ1) is 23.8. The lowest BCUT2D eigenvalue weighted by atomic mass is 9.96. The summed E-state index contributed by atoms with van der Waals surface area (Å²) in [5, 5.41) is 0. The Hall–Kier alpha value is -6.45. The Kier molecular flexibility index (Phi) is 7.92. The monoisotopic (exact) mass is 613 g/mol. The van der Waals surface area contributed by atoms with E-state index < -0.39 is 0 Å². The van der Waals surface area contributed by atoms with Crippen molar-refractivity contribution in [1.82, 2.24) is 15.0 Å². The minimum atomic E-state index is 0.631. The van der Waals surface area contributed by atoms with Gasteiger partial charge in [-0.15, -0.1) is 0 Å². The summed E-state index contributed by atoms with van der Waals surface area (Å²) in [5.41, 5.74) is 11.9. The van der Waals surface area contributed by atoms with Crippen molar-refractivity contribution >= 4 is 0 Å². The Morgan fingerprint density at radius 1 is 0.188 bits per heavy atom. The number of hydrogen-bond acceptors (Lipinski definition) is 3. The molecule has 0 saturated carbocycles. The van der Waals surface area contributed by atoms with Crippen LogP contribution in [0.3, 0.4) is 0 Å². The van der Waals surface area contributed by atoms with E-state index in [1.54, 1.807) is 0 Å². The van der Waals surface area contributed by atoms with Gasteiger partial charge in [0.15, 0.2) is 17.5 Å². The van der Waals surface area contributed by atoms with Crippen molar-refractivity contribution in [3.8, 4) is 78.7 Å². The summed E-state index contributed by atoms with van der Waals surface area (Å²) in [4.78, 5) is 15.4. The van der Waals surface area contributed by atoms with Crippen molar-refractivity contribution in [2.45, 2.75) is 0 Å². The first-order valence-corrected chi connectivity index (χ1v) is 16.1. The highest BCUT2D eigenvalue weighted by atomic mass is 15.0. The zero-order valence-electron chi connectivity index (χ0n) is 26.2. The fourth-order valence-corrected chi connectivity index (χ4v) is 6.14. The van der Waals surface area contributed by atoms with Gasteiger partial charge in [0.25, 0.3) is 0 Å². The van der Waals surface area contributed by atoms with Gasteiger partial charge in [-0.1, -0.05) is 188 Å². The van der Waals surface area contributed by atoms with Gasteiger partial charge < -0.3 is 0 Å². The summed E-state index contributed by atoms with van der Waals surface area (Å²) < 4.78 is 0. The van der Waals surface area contributed by atoms with Crippen LogP contribution in [0, 0.1) is 0 Å². The summed E-state index contributed by atoms with van der Waals surface area (Å²) in [6.07, 6.45) is 0. The van der Waals surface area contributed by atoms with E-state index >= 15 is 0 Å². The van der Waals surface area contributed by atoms with E-state index in [2.05, 4.69) is 158 Å². The van der Waals surface area contributed by atoms with E-state index in [1.165, 1.54) is 16.7 Å². The van der Waals surface area contributed by atoms with Gasteiger partial charge in [-0.2, -0.15) is 0 Å². The maximum atomic E-state index is 5.18. The average Bonchev–Trinajstić information content (AvgIpc) is 3.19. The zero-order chi connectivity index (χ0) is 32.1. The molecule has 0 aliphatic rings. The number of benzene rings is 7. The Labute approximate surface area is 280 Å². The van der Waals surface area contributed by atoms with Gasteiger partial charge in [0.2, 0.25) is 0 Å². The lowest BCUT2D eigenvalue weighted by Crippen LogP contribution is -2.02. The number of aromatic nitrogens is 3. The molecule has 0 aliphatic carbocycles. The first-order valence-electron chi connectivity index (χ1n) is 16.1. The molecular weight excluding hydrogens is 583 g/mol. The maximum Gasteiger partial charge on any atom is 0.164 e. The van der Waals surface area contributed by atoms with Crippen molar-refractivity contribution in [2.24, 2.45) is 0 Å². The van der Waals surface area contributed by atoms with Gasteiger partial charge in [-0.3, -0.25) is 0 Å². The third-order valence-corrected chi connectivity index (χ3v) is 8.61. The van der Waals surface area contributed by atoms with Gasteiger partial charge in [0, 0.05) is 16.7 Å². The second-order valence-electron chi connectivity index (χ2n) is 11.7. The molecule has 3 heteroatoms. The van der Waals surface area contributed by atoms with Crippen LogP contribution in [0.15, 0.2) is 188 Å². The molecule has 0 amide bonds. The molecule has 1 heterocycles. The Bertz CT molecular complexity index is 2300. The SMILES string of the molecule is c1ccc(-c2ccc(-c3nc(-c4ccccc4-c4ccccc4)nc(-c4ccccc4-c4ccc(-c5ccccc5)cc4)n3)cc2)cc1. The van der Waals surface area contributed by atoms with Crippen LogP contribution in [-0.2, 0) is 0 Å². The Morgan fingerprint density at radius 2 is 0.458 bits per heavy atom. The van der Waals surface area contributed by atoms with Crippen LogP contribution in [0.5, 0.6) is 0 Å². The van der Waals surface area contributed by atoms with Crippen LogP contribution >= 0.6 is 0 Å². The van der Waals surface area contributed by atoms with Gasteiger partial charge in [-0.25, -0.2) is 15.0 Å². The molecule has 0 radical (unpaired) electrons. The van der Waals surface area contributed by atoms with Crippen LogP contribution < -0.4 is 0 Å². The average molecular weight is 614 g/mol. The summed E-state index contributed by atoms with van der Waals surface area (Å²) >= 11 is 0. The van der Waals surface area contributed by atoms with Crippen molar-refractivity contribution in [3.05, 3.63) is 188 Å². The van der Waals surface area contributed by atoms with Gasteiger partial charge in [-0.05, 0) is 44.5 Å². The predicted molar refractivity (Wildman–Crippen MR) is 198 cm³/mol. The molecule has 0 bridgehead atoms. The molecule has 8 aromatic rings. The summed E-state index contributed by atoms with van der Waals surface area (Å²) in [5.74, 6) is 1.90. The second kappa shape index (κ2) is 13.1. The van der Waals surface area contributed by atoms with Crippen molar-refractivity contribution < 1.29 is 0 Å². The Balaban J connectivity index is 1.27. The quantitative estimate of drug-likeness (QED) is 0.179. The minimum absolute atomic E-state index is 0.631. The molecule has 0 aliphatic heterocycles. The van der Waals surface area contributed by atoms with Crippen LogP contribution in [0.25, 0.3) is 78.7 Å². The van der Waals surface area contributed by atoms with Gasteiger partial charge in [0.1, 0.15) is 0 Å². The largest absolute Gasteiger partial charge is 0.208 e. The third kappa shape index (κ3) is 5.93. The predicted octanol–water partition coefficient (Wildman–Crippen LogP) is 11.5. The molecular formula is C45H31N3. The van der Waals surface area contributed by atoms with Crippen LogP contribution in [0.2, 0.25) is 0 Å². The molecule has 3 nitrogen and oxygen atoms in total. The van der Waals surface area contributed by atoms with Gasteiger partial charge in [0.05, 0.1) is 0 Å². The van der Waals surface area contributed by atoms with E-state index in [-0.39, 0.29) is 0 Å². The molecule has 8 rings (SSSR count). The molecule has 48 heavy (non-hydrogen) atoms. The molecule has 7 aromatic carbocycles. The standard InChI is InChI=1S/C45H31N3/c1-4-14-32(15-5-1)34-24-28-37(29-25-34)40-21-11-13-23-42(40)45-47-43(38-30-26-35(27-31-38)33-16-6-2-7-17-33)46-44(48-45)41-22-12-10-20-39(41)36-18-8-3-9-19-36/h1-31H. The van der Waals surface area contributed by atoms with E-state index in [4.69, 9.17) is 15.0 Å². The molecule has 226 valence electrons. The lowest BCUT2D eigenvalue weighted by molar-refractivity contribution is 1.07. The van der Waals surface area contributed by atoms with E-state index in [1.807, 2.05) is 30.3 Å². The van der Waals surface area contributed by atoms with Gasteiger partial charge >= 0.3 is 0 Å². The van der Waals surface area contributed by atoms with Crippen molar-refractivity contribution in [3.63, 3.8) is 0 Å². The normalized spacial score (nSPS) is 10.9. The number of hydrogen-bond donors (Lipinski definition) is 0. The van der Waals surface area contributed by atoms with E-state index in [9.17, 15) is 0 Å². The van der Waals surface area contributed by atoms with E-state index in [0.29, 0.717) is 17.5 Å². The molecule has 0 saturated heterocycles. The fraction of sp³-hybridized carbons (Fsp3) is 0. The Morgan fingerprint density at radius 3 is 0.896 bits per heavy atom. The van der Waals surface area contributed by atoms with Crippen LogP contribution in [0.1, 0.15) is 0 Å². The number of nitrogens with zero attached hydrogens (tertiary/aromatic N) is 3. The second-order valence-corrected chi connectivity index (χ2v) is 11.7. The molecule has 0 fully saturated rings. The van der Waals surface area contributed by atoms with Crippen LogP contribution in [0.4, 0.5) is 0 Å². The number of rotatable bonds is 7. The first kappa shape index (κ1) is 29.0. The highest BCUT2D eigenvalue weighted by molar-refractivity contribution is 5.85. The summed E-state index contributed by atoms with van der Waals surface area (Å²) in [6, 6.07) is 65.1. The molecule has 0 atom stereocenters. The van der Waals surface area contributed by atoms with Crippen LogP contribution in [-0.4, -0.2) is 15.0 Å². The molecule has 1 aromatic heterocycles. The maximum absolute atomic E-state index is 5.18. The van der Waals surface area contributed by atoms with Crippen molar-refractivity contribution in [1.29, 1.82) is 0 Å². The molecule has 0 unspecified atom stereocenters. The fourth-order valence-electron chi connectivity index (χ4n) is 6.14. The smallest absolute Gasteiger partial charge is 0.164 e.